The van der Waals surface area contributed by atoms with Crippen LogP contribution in [-0.4, -0.2) is 50.0 Å². The Morgan fingerprint density at radius 1 is 0.930 bits per heavy atom. The van der Waals surface area contributed by atoms with Crippen LogP contribution in [0.15, 0.2) is 78.9 Å². The highest BCUT2D eigenvalue weighted by molar-refractivity contribution is 7.92. The molecule has 3 aromatic rings. The molecule has 10 heteroatoms. The molecule has 0 spiro atoms. The molecule has 0 aromatic heterocycles. The minimum Gasteiger partial charge on any atom is -0.489 e. The number of amides is 2. The number of anilines is 1. The van der Waals surface area contributed by atoms with Gasteiger partial charge in [0.1, 0.15) is 30.8 Å². The van der Waals surface area contributed by atoms with Gasteiger partial charge >= 0.3 is 0 Å². The maximum absolute atomic E-state index is 13.9. The van der Waals surface area contributed by atoms with Crippen molar-refractivity contribution < 1.29 is 27.1 Å². The lowest BCUT2D eigenvalue weighted by Gasteiger charge is -2.34. The lowest BCUT2D eigenvalue weighted by Crippen LogP contribution is -2.53. The van der Waals surface area contributed by atoms with Crippen molar-refractivity contribution in [1.29, 1.82) is 0 Å². The molecule has 43 heavy (non-hydrogen) atoms. The van der Waals surface area contributed by atoms with E-state index in [1.54, 1.807) is 36.4 Å². The molecular formula is C33H40FN3O5S. The van der Waals surface area contributed by atoms with Gasteiger partial charge in [-0.1, -0.05) is 68.7 Å². The Labute approximate surface area is 253 Å². The minimum atomic E-state index is -3.87. The number of nitrogens with one attached hydrogen (secondary N) is 1. The van der Waals surface area contributed by atoms with E-state index >= 15 is 0 Å². The Morgan fingerprint density at radius 3 is 2.19 bits per heavy atom. The van der Waals surface area contributed by atoms with E-state index in [1.807, 2.05) is 37.3 Å². The molecule has 0 aliphatic heterocycles. The maximum Gasteiger partial charge on any atom is 0.244 e. The van der Waals surface area contributed by atoms with Crippen molar-refractivity contribution in [3.05, 3.63) is 95.8 Å². The quantitative estimate of drug-likeness (QED) is 0.279. The Hall–Kier alpha value is -3.92. The standard InChI is InChI=1S/C33H40FN3O5S/c1-3-31(33(39)35-28-12-8-5-9-13-28)36(22-25-14-16-27(34)17-15-25)32(38)23-37(43(2,40)41)29-18-20-30(21-19-29)42-24-26-10-6-4-7-11-26/h4,6-7,10-11,14-21,28,31H,3,5,8-9,12-13,22-24H2,1-2H3,(H,35,39)/t31-/m1/s1. The summed E-state index contributed by atoms with van der Waals surface area (Å²) in [6.07, 6.45) is 6.37. The van der Waals surface area contributed by atoms with Crippen LogP contribution in [-0.2, 0) is 32.8 Å². The molecule has 230 valence electrons. The van der Waals surface area contributed by atoms with E-state index in [-0.39, 0.29) is 18.5 Å². The summed E-state index contributed by atoms with van der Waals surface area (Å²) in [5.74, 6) is -0.667. The van der Waals surface area contributed by atoms with Crippen molar-refractivity contribution in [2.24, 2.45) is 0 Å². The van der Waals surface area contributed by atoms with Gasteiger partial charge in [-0.05, 0) is 66.8 Å². The molecule has 1 aliphatic rings. The summed E-state index contributed by atoms with van der Waals surface area (Å²) in [6, 6.07) is 21.1. The zero-order valence-electron chi connectivity index (χ0n) is 24.7. The highest BCUT2D eigenvalue weighted by atomic mass is 32.2. The van der Waals surface area contributed by atoms with Crippen molar-refractivity contribution >= 4 is 27.5 Å². The van der Waals surface area contributed by atoms with Crippen LogP contribution in [0.2, 0.25) is 0 Å². The van der Waals surface area contributed by atoms with Crippen LogP contribution >= 0.6 is 0 Å². The van der Waals surface area contributed by atoms with Crippen molar-refractivity contribution in [1.82, 2.24) is 10.2 Å². The second-order valence-corrected chi connectivity index (χ2v) is 12.9. The normalized spacial score (nSPS) is 14.5. The summed E-state index contributed by atoms with van der Waals surface area (Å²) >= 11 is 0. The van der Waals surface area contributed by atoms with Crippen molar-refractivity contribution in [2.75, 3.05) is 17.1 Å². The van der Waals surface area contributed by atoms with Crippen molar-refractivity contribution in [2.45, 2.75) is 70.7 Å². The first kappa shape index (κ1) is 32.0. The van der Waals surface area contributed by atoms with Gasteiger partial charge in [-0.3, -0.25) is 13.9 Å². The first-order chi connectivity index (χ1) is 20.6. The van der Waals surface area contributed by atoms with E-state index < -0.39 is 34.3 Å². The number of carbonyl (C=O) groups excluding carboxylic acids is 2. The summed E-state index contributed by atoms with van der Waals surface area (Å²) < 4.78 is 46.3. The molecule has 0 saturated heterocycles. The third kappa shape index (κ3) is 9.28. The summed E-state index contributed by atoms with van der Waals surface area (Å²) in [5, 5.41) is 3.11. The molecule has 0 radical (unpaired) electrons. The number of sulfonamides is 1. The first-order valence-corrected chi connectivity index (χ1v) is 16.6. The SMILES string of the molecule is CC[C@H](C(=O)NC1CCCCC1)N(Cc1ccc(F)cc1)C(=O)CN(c1ccc(OCc2ccccc2)cc1)S(C)(=O)=O. The van der Waals surface area contributed by atoms with Crippen LogP contribution in [0.25, 0.3) is 0 Å². The van der Waals surface area contributed by atoms with Gasteiger partial charge in [0.15, 0.2) is 0 Å². The fourth-order valence-corrected chi connectivity index (χ4v) is 6.16. The van der Waals surface area contributed by atoms with Crippen molar-refractivity contribution in [3.63, 3.8) is 0 Å². The largest absolute Gasteiger partial charge is 0.489 e. The molecule has 1 saturated carbocycles. The molecule has 1 atom stereocenters. The van der Waals surface area contributed by atoms with Crippen LogP contribution in [0.3, 0.4) is 0 Å². The van der Waals surface area contributed by atoms with Gasteiger partial charge in [-0.15, -0.1) is 0 Å². The van der Waals surface area contributed by atoms with E-state index in [2.05, 4.69) is 5.32 Å². The fraction of sp³-hybridized carbons (Fsp3) is 0.394. The molecule has 3 aromatic carbocycles. The van der Waals surface area contributed by atoms with Gasteiger partial charge in [-0.25, -0.2) is 12.8 Å². The highest BCUT2D eigenvalue weighted by Crippen LogP contribution is 2.24. The number of hydrogen-bond acceptors (Lipinski definition) is 5. The highest BCUT2D eigenvalue weighted by Gasteiger charge is 2.32. The average Bonchev–Trinajstić information content (AvgIpc) is 3.00. The molecule has 2 amide bonds. The molecule has 0 unspecified atom stereocenters. The molecule has 0 bridgehead atoms. The van der Waals surface area contributed by atoms with E-state index in [4.69, 9.17) is 4.74 Å². The van der Waals surface area contributed by atoms with Gasteiger partial charge in [0.2, 0.25) is 21.8 Å². The number of hydrogen-bond donors (Lipinski definition) is 1. The van der Waals surface area contributed by atoms with Crippen LogP contribution in [0.5, 0.6) is 5.75 Å². The zero-order chi connectivity index (χ0) is 30.8. The number of carbonyl (C=O) groups is 2. The zero-order valence-corrected chi connectivity index (χ0v) is 25.6. The third-order valence-electron chi connectivity index (χ3n) is 7.66. The van der Waals surface area contributed by atoms with E-state index in [0.717, 1.165) is 48.2 Å². The Bertz CT molecular complexity index is 1440. The molecule has 1 fully saturated rings. The van der Waals surface area contributed by atoms with Gasteiger partial charge < -0.3 is 15.0 Å². The number of ether oxygens (including phenoxy) is 1. The van der Waals surface area contributed by atoms with E-state index in [1.165, 1.54) is 17.0 Å². The number of rotatable bonds is 13. The lowest BCUT2D eigenvalue weighted by atomic mass is 9.95. The second-order valence-electron chi connectivity index (χ2n) is 11.0. The summed E-state index contributed by atoms with van der Waals surface area (Å²) in [4.78, 5) is 28.8. The third-order valence-corrected chi connectivity index (χ3v) is 8.80. The summed E-state index contributed by atoms with van der Waals surface area (Å²) in [6.45, 7) is 1.70. The van der Waals surface area contributed by atoms with Crippen LogP contribution in [0.1, 0.15) is 56.6 Å². The van der Waals surface area contributed by atoms with Gasteiger partial charge in [0.25, 0.3) is 0 Å². The number of nitrogens with zero attached hydrogens (tertiary/aromatic N) is 2. The Morgan fingerprint density at radius 2 is 1.58 bits per heavy atom. The van der Waals surface area contributed by atoms with Gasteiger partial charge in [0, 0.05) is 12.6 Å². The second kappa shape index (κ2) is 15.0. The predicted molar refractivity (Wildman–Crippen MR) is 165 cm³/mol. The lowest BCUT2D eigenvalue weighted by molar-refractivity contribution is -0.140. The molecular weight excluding hydrogens is 569 g/mol. The minimum absolute atomic E-state index is 0.0274. The molecule has 4 rings (SSSR count). The van der Waals surface area contributed by atoms with Gasteiger partial charge in [0.05, 0.1) is 11.9 Å². The van der Waals surface area contributed by atoms with E-state index in [9.17, 15) is 22.4 Å². The van der Waals surface area contributed by atoms with E-state index in [0.29, 0.717) is 30.0 Å². The smallest absolute Gasteiger partial charge is 0.244 e. The van der Waals surface area contributed by atoms with Crippen LogP contribution in [0, 0.1) is 5.82 Å². The van der Waals surface area contributed by atoms with Crippen LogP contribution < -0.4 is 14.4 Å². The molecule has 0 heterocycles. The first-order valence-electron chi connectivity index (χ1n) is 14.7. The monoisotopic (exact) mass is 609 g/mol. The topological polar surface area (TPSA) is 96.0 Å². The summed E-state index contributed by atoms with van der Waals surface area (Å²) in [5.41, 5.74) is 1.92. The van der Waals surface area contributed by atoms with Gasteiger partial charge in [-0.2, -0.15) is 0 Å². The number of benzene rings is 3. The molecule has 1 N–H and O–H groups in total. The molecule has 8 nitrogen and oxygen atoms in total. The fourth-order valence-electron chi connectivity index (χ4n) is 5.31. The Balaban J connectivity index is 1.54. The summed E-state index contributed by atoms with van der Waals surface area (Å²) in [7, 11) is -3.87. The molecule has 1 aliphatic carbocycles. The number of halogens is 1. The maximum atomic E-state index is 13.9. The van der Waals surface area contributed by atoms with Crippen molar-refractivity contribution in [3.8, 4) is 5.75 Å². The van der Waals surface area contributed by atoms with Crippen LogP contribution in [0.4, 0.5) is 10.1 Å². The average molecular weight is 610 g/mol. The predicted octanol–water partition coefficient (Wildman–Crippen LogP) is 5.43. The Kier molecular flexibility index (Phi) is 11.2.